The van der Waals surface area contributed by atoms with E-state index < -0.39 is 17.3 Å². The molecule has 2 N–H and O–H groups in total. The summed E-state index contributed by atoms with van der Waals surface area (Å²) in [6, 6.07) is 19.4. The number of thiazole rings is 1. The van der Waals surface area contributed by atoms with Crippen LogP contribution in [-0.2, 0) is 11.7 Å². The number of nitrogens with zero attached hydrogens (tertiary/aromatic N) is 2. The van der Waals surface area contributed by atoms with E-state index in [0.717, 1.165) is 38.3 Å². The highest BCUT2D eigenvalue weighted by Gasteiger charge is 2.31. The Bertz CT molecular complexity index is 1570. The number of aliphatic hydroxyl groups is 1. The molecule has 3 aromatic carbocycles. The zero-order valence-electron chi connectivity index (χ0n) is 19.4. The smallest absolute Gasteiger partial charge is 0.394 e. The first kappa shape index (κ1) is 24.0. The number of rotatable bonds is 5. The van der Waals surface area contributed by atoms with Gasteiger partial charge >= 0.3 is 6.18 Å². The lowest BCUT2D eigenvalue weighted by Gasteiger charge is -2.29. The van der Waals surface area contributed by atoms with Gasteiger partial charge in [0.15, 0.2) is 5.65 Å². The summed E-state index contributed by atoms with van der Waals surface area (Å²) in [5.41, 5.74) is 1.37. The molecule has 2 aromatic heterocycles. The van der Waals surface area contributed by atoms with Crippen LogP contribution in [0.4, 0.5) is 13.2 Å². The second kappa shape index (κ2) is 8.76. The number of aliphatic hydroxyl groups excluding tert-OH is 1. The van der Waals surface area contributed by atoms with Gasteiger partial charge in [0.1, 0.15) is 0 Å². The molecule has 0 aliphatic heterocycles. The third-order valence-electron chi connectivity index (χ3n) is 6.24. The van der Waals surface area contributed by atoms with Crippen LogP contribution in [-0.4, -0.2) is 27.2 Å². The van der Waals surface area contributed by atoms with Crippen LogP contribution in [0, 0.1) is 6.92 Å². The Morgan fingerprint density at radius 1 is 1.03 bits per heavy atom. The summed E-state index contributed by atoms with van der Waals surface area (Å²) in [6.45, 7) is 3.33. The molecule has 1 atom stereocenters. The number of halogens is 3. The van der Waals surface area contributed by atoms with E-state index in [9.17, 15) is 23.1 Å². The molecular formula is C27H22F3N3O2S. The number of fused-ring (bicyclic) bond motifs is 3. The van der Waals surface area contributed by atoms with E-state index in [1.54, 1.807) is 29.7 Å². The highest BCUT2D eigenvalue weighted by atomic mass is 32.1. The van der Waals surface area contributed by atoms with Crippen LogP contribution in [0.2, 0.25) is 0 Å². The molecule has 2 heterocycles. The Balaban J connectivity index is 1.58. The van der Waals surface area contributed by atoms with Gasteiger partial charge in [-0.15, -0.1) is 11.3 Å². The maximum absolute atomic E-state index is 13.2. The second-order valence-corrected chi connectivity index (χ2v) is 10.0. The predicted octanol–water partition coefficient (Wildman–Crippen LogP) is 6.20. The number of amides is 1. The van der Waals surface area contributed by atoms with Crippen LogP contribution in [0.15, 0.2) is 72.8 Å². The molecule has 0 fully saturated rings. The van der Waals surface area contributed by atoms with Gasteiger partial charge in [-0.1, -0.05) is 30.3 Å². The van der Waals surface area contributed by atoms with Crippen molar-refractivity contribution >= 4 is 38.5 Å². The normalized spacial score (nSPS) is 13.7. The zero-order chi connectivity index (χ0) is 25.7. The predicted molar refractivity (Wildman–Crippen MR) is 135 cm³/mol. The van der Waals surface area contributed by atoms with Gasteiger partial charge in [-0.3, -0.25) is 9.36 Å². The largest absolute Gasteiger partial charge is 0.416 e. The minimum absolute atomic E-state index is 0.284. The molecule has 0 spiro atoms. The van der Waals surface area contributed by atoms with Crippen LogP contribution in [0.1, 0.15) is 33.4 Å². The SMILES string of the molecule is Cc1nc2c(s1)c1cc(C(=O)NC(C)(CO)c3ccccc3)ccc1n2-c1ccc(C(F)(F)F)cc1. The summed E-state index contributed by atoms with van der Waals surface area (Å²) in [5, 5.41) is 14.6. The number of hydrogen-bond acceptors (Lipinski definition) is 4. The van der Waals surface area contributed by atoms with E-state index in [4.69, 9.17) is 0 Å². The van der Waals surface area contributed by atoms with Crippen molar-refractivity contribution in [1.82, 2.24) is 14.9 Å². The molecule has 9 heteroatoms. The third kappa shape index (κ3) is 4.14. The average molecular weight is 510 g/mol. The van der Waals surface area contributed by atoms with Gasteiger partial charge < -0.3 is 10.4 Å². The molecule has 36 heavy (non-hydrogen) atoms. The van der Waals surface area contributed by atoms with Gasteiger partial charge in [-0.05, 0) is 61.9 Å². The van der Waals surface area contributed by atoms with E-state index in [-0.39, 0.29) is 12.5 Å². The summed E-state index contributed by atoms with van der Waals surface area (Å²) in [5.74, 6) is -0.353. The van der Waals surface area contributed by atoms with E-state index in [2.05, 4.69) is 10.3 Å². The first-order valence-corrected chi connectivity index (χ1v) is 12.0. The molecule has 5 rings (SSSR count). The van der Waals surface area contributed by atoms with Crippen molar-refractivity contribution in [2.45, 2.75) is 25.6 Å². The van der Waals surface area contributed by atoms with Crippen LogP contribution >= 0.6 is 11.3 Å². The lowest BCUT2D eigenvalue weighted by molar-refractivity contribution is -0.137. The number of carbonyl (C=O) groups is 1. The molecule has 0 saturated carbocycles. The quantitative estimate of drug-likeness (QED) is 0.296. The highest BCUT2D eigenvalue weighted by molar-refractivity contribution is 7.19. The Kier molecular flexibility index (Phi) is 5.84. The highest BCUT2D eigenvalue weighted by Crippen LogP contribution is 2.37. The molecule has 0 aliphatic rings. The lowest BCUT2D eigenvalue weighted by atomic mass is 9.92. The summed E-state index contributed by atoms with van der Waals surface area (Å²) in [7, 11) is 0. The Labute approximate surface area is 208 Å². The van der Waals surface area contributed by atoms with Gasteiger partial charge in [0.05, 0.1) is 32.9 Å². The van der Waals surface area contributed by atoms with Gasteiger partial charge in [-0.25, -0.2) is 4.98 Å². The number of nitrogens with one attached hydrogen (secondary N) is 1. The van der Waals surface area contributed by atoms with Gasteiger partial charge in [0.2, 0.25) is 0 Å². The molecule has 5 nitrogen and oxygen atoms in total. The Morgan fingerprint density at radius 3 is 2.36 bits per heavy atom. The second-order valence-electron chi connectivity index (χ2n) is 8.81. The Hall–Kier alpha value is -3.69. The maximum atomic E-state index is 13.2. The molecule has 0 bridgehead atoms. The lowest BCUT2D eigenvalue weighted by Crippen LogP contribution is -2.46. The standard InChI is InChI=1S/C27H22F3N3O2S/c1-16-31-24-23(36-16)21-14-17(25(35)32-26(2,15-34)18-6-4-3-5-7-18)8-13-22(21)33(24)20-11-9-19(10-12-20)27(28,29)30/h3-14,34H,15H2,1-2H3,(H,32,35). The number of hydrogen-bond donors (Lipinski definition) is 2. The molecule has 1 unspecified atom stereocenters. The molecule has 0 radical (unpaired) electrons. The number of carbonyl (C=O) groups excluding carboxylic acids is 1. The van der Waals surface area contributed by atoms with E-state index in [0.29, 0.717) is 16.9 Å². The zero-order valence-corrected chi connectivity index (χ0v) is 20.2. The van der Waals surface area contributed by atoms with Gasteiger partial charge in [-0.2, -0.15) is 13.2 Å². The van der Waals surface area contributed by atoms with E-state index >= 15 is 0 Å². The summed E-state index contributed by atoms with van der Waals surface area (Å²) in [4.78, 5) is 17.8. The number of alkyl halides is 3. The number of aromatic nitrogens is 2. The van der Waals surface area contributed by atoms with Crippen molar-refractivity contribution < 1.29 is 23.1 Å². The fraction of sp³-hybridized carbons (Fsp3) is 0.185. The monoisotopic (exact) mass is 509 g/mol. The van der Waals surface area contributed by atoms with Crippen molar-refractivity contribution in [1.29, 1.82) is 0 Å². The van der Waals surface area contributed by atoms with Crippen molar-refractivity contribution in [3.05, 3.63) is 94.5 Å². The first-order chi connectivity index (χ1) is 17.1. The van der Waals surface area contributed by atoms with Gasteiger partial charge in [0.25, 0.3) is 5.91 Å². The summed E-state index contributed by atoms with van der Waals surface area (Å²) in [6.07, 6.45) is -4.42. The minimum atomic E-state index is -4.42. The van der Waals surface area contributed by atoms with Gasteiger partial charge in [0, 0.05) is 16.6 Å². The van der Waals surface area contributed by atoms with Crippen LogP contribution in [0.25, 0.3) is 26.9 Å². The molecular weight excluding hydrogens is 487 g/mol. The topological polar surface area (TPSA) is 67.2 Å². The van der Waals surface area contributed by atoms with Crippen molar-refractivity contribution in [3.8, 4) is 5.69 Å². The van der Waals surface area contributed by atoms with Crippen molar-refractivity contribution in [2.24, 2.45) is 0 Å². The van der Waals surface area contributed by atoms with Crippen molar-refractivity contribution in [3.63, 3.8) is 0 Å². The summed E-state index contributed by atoms with van der Waals surface area (Å²) < 4.78 is 41.9. The molecule has 5 aromatic rings. The van der Waals surface area contributed by atoms with E-state index in [1.807, 2.05) is 37.3 Å². The third-order valence-corrected chi connectivity index (χ3v) is 7.23. The molecule has 0 saturated heterocycles. The van der Waals surface area contributed by atoms with Crippen LogP contribution in [0.3, 0.4) is 0 Å². The van der Waals surface area contributed by atoms with Crippen LogP contribution in [0.5, 0.6) is 0 Å². The summed E-state index contributed by atoms with van der Waals surface area (Å²) >= 11 is 1.46. The number of benzene rings is 3. The molecule has 0 aliphatic carbocycles. The average Bonchev–Trinajstić information content (AvgIpc) is 3.38. The van der Waals surface area contributed by atoms with Crippen molar-refractivity contribution in [2.75, 3.05) is 6.61 Å². The number of aryl methyl sites for hydroxylation is 1. The fourth-order valence-corrected chi connectivity index (χ4v) is 5.23. The van der Waals surface area contributed by atoms with E-state index in [1.165, 1.54) is 23.5 Å². The Morgan fingerprint density at radius 2 is 1.72 bits per heavy atom. The first-order valence-electron chi connectivity index (χ1n) is 11.2. The minimum Gasteiger partial charge on any atom is -0.394 e. The maximum Gasteiger partial charge on any atom is 0.416 e. The van der Waals surface area contributed by atoms with Crippen LogP contribution < -0.4 is 5.32 Å². The molecule has 184 valence electrons. The molecule has 1 amide bonds. The fourth-order valence-electron chi connectivity index (χ4n) is 4.30.